The van der Waals surface area contributed by atoms with Crippen molar-refractivity contribution in [3.05, 3.63) is 98.5 Å². The lowest BCUT2D eigenvalue weighted by atomic mass is 9.98. The topological polar surface area (TPSA) is 128 Å². The van der Waals surface area contributed by atoms with Crippen LogP contribution in [0, 0.1) is 13.8 Å². The second-order valence-electron chi connectivity index (χ2n) is 10.7. The molecule has 1 aliphatic heterocycles. The number of halogens is 2. The first kappa shape index (κ1) is 32.3. The van der Waals surface area contributed by atoms with Gasteiger partial charge in [-0.1, -0.05) is 59.6 Å². The zero-order chi connectivity index (χ0) is 31.3. The minimum atomic E-state index is -1.68. The molecule has 0 bridgehead atoms. The van der Waals surface area contributed by atoms with E-state index in [1.165, 1.54) is 18.1 Å². The Bertz CT molecular complexity index is 1460. The Morgan fingerprint density at radius 3 is 2.47 bits per heavy atom. The molecule has 4 atom stereocenters. The molecule has 4 N–H and O–H groups in total. The highest BCUT2D eigenvalue weighted by Crippen LogP contribution is 2.27. The van der Waals surface area contributed by atoms with Crippen molar-refractivity contribution in [2.24, 2.45) is 0 Å². The Labute approximate surface area is 260 Å². The highest BCUT2D eigenvalue weighted by Gasteiger charge is 2.43. The zero-order valence-corrected chi connectivity index (χ0v) is 25.7. The number of aryl methyl sites for hydroxylation is 1. The van der Waals surface area contributed by atoms with Crippen molar-refractivity contribution in [3.63, 3.8) is 0 Å². The third-order valence-electron chi connectivity index (χ3n) is 7.80. The maximum atomic E-state index is 13.8. The largest absolute Gasteiger partial charge is 0.508 e. The number of phenols is 1. The summed E-state index contributed by atoms with van der Waals surface area (Å²) in [6.07, 6.45) is -1.73. The lowest BCUT2D eigenvalue weighted by Gasteiger charge is -2.30. The summed E-state index contributed by atoms with van der Waals surface area (Å²) in [6, 6.07) is 15.1. The van der Waals surface area contributed by atoms with E-state index in [0.717, 1.165) is 11.1 Å². The number of benzene rings is 3. The highest BCUT2D eigenvalue weighted by atomic mass is 35.5. The molecular formula is C32H35Cl2N3O6. The number of likely N-dealkylation sites (tertiary alicyclic amines) is 1. The fraction of sp³-hybridized carbons (Fsp3) is 0.344. The van der Waals surface area contributed by atoms with Crippen LogP contribution in [0.15, 0.2) is 60.7 Å². The third kappa shape index (κ3) is 7.67. The second kappa shape index (κ2) is 14.2. The Hall–Kier alpha value is -3.63. The number of carbonyl (C=O) groups is 3. The van der Waals surface area contributed by atoms with E-state index in [2.05, 4.69) is 10.6 Å². The molecule has 0 unspecified atom stereocenters. The standard InChI is InChI=1S/C32H35Cl2N3O6/c1-18-12-21(33)14-25(34)24(18)16-35-31(41)27-15-22(43-3)17-37(27)32(42)29(39)26(13-20-8-5-4-6-9-20)36-30(40)23-10-7-11-28(38)19(23)2/h4-12,14,22,26-27,29,38-39H,13,15-17H2,1-3H3,(H,35,41)(H,36,40)/t22-,26-,27-,29-/m0/s1. The molecule has 0 aromatic heterocycles. The van der Waals surface area contributed by atoms with Gasteiger partial charge >= 0.3 is 0 Å². The van der Waals surface area contributed by atoms with E-state index in [-0.39, 0.29) is 37.2 Å². The van der Waals surface area contributed by atoms with Crippen molar-refractivity contribution >= 4 is 40.9 Å². The predicted molar refractivity (Wildman–Crippen MR) is 164 cm³/mol. The number of hydrogen-bond donors (Lipinski definition) is 4. The lowest BCUT2D eigenvalue weighted by Crippen LogP contribution is -2.55. The van der Waals surface area contributed by atoms with Gasteiger partial charge in [-0.25, -0.2) is 0 Å². The van der Waals surface area contributed by atoms with Crippen LogP contribution in [-0.4, -0.2) is 70.8 Å². The SMILES string of the molecule is CO[C@H]1C[C@@H](C(=O)NCc2c(C)cc(Cl)cc2Cl)N(C(=O)[C@@H](O)[C@H](Cc2ccccc2)NC(=O)c2cccc(O)c2C)C1. The minimum absolute atomic E-state index is 0.0458. The molecule has 3 aromatic carbocycles. The highest BCUT2D eigenvalue weighted by molar-refractivity contribution is 6.35. The van der Waals surface area contributed by atoms with Crippen LogP contribution in [-0.2, 0) is 27.3 Å². The molecule has 0 spiro atoms. The molecule has 43 heavy (non-hydrogen) atoms. The maximum Gasteiger partial charge on any atom is 0.254 e. The quantitative estimate of drug-likeness (QED) is 0.269. The fourth-order valence-corrected chi connectivity index (χ4v) is 5.94. The fourth-order valence-electron chi connectivity index (χ4n) is 5.28. The molecule has 11 heteroatoms. The van der Waals surface area contributed by atoms with Crippen molar-refractivity contribution in [2.45, 2.75) is 57.5 Å². The van der Waals surface area contributed by atoms with E-state index in [1.54, 1.807) is 31.2 Å². The Morgan fingerprint density at radius 2 is 1.79 bits per heavy atom. The number of carbonyl (C=O) groups excluding carboxylic acids is 3. The molecule has 1 saturated heterocycles. The summed E-state index contributed by atoms with van der Waals surface area (Å²) in [5.74, 6) is -1.74. The number of aliphatic hydroxyl groups is 1. The summed E-state index contributed by atoms with van der Waals surface area (Å²) in [4.78, 5) is 41.8. The van der Waals surface area contributed by atoms with Crippen LogP contribution in [0.25, 0.3) is 0 Å². The predicted octanol–water partition coefficient (Wildman–Crippen LogP) is 3.95. The number of rotatable bonds is 10. The van der Waals surface area contributed by atoms with Crippen LogP contribution < -0.4 is 10.6 Å². The normalized spacial score (nSPS) is 17.8. The van der Waals surface area contributed by atoms with E-state index >= 15 is 0 Å². The van der Waals surface area contributed by atoms with Crippen LogP contribution >= 0.6 is 23.2 Å². The van der Waals surface area contributed by atoms with Gasteiger partial charge in [0, 0.05) is 47.8 Å². The molecular weight excluding hydrogens is 593 g/mol. The van der Waals surface area contributed by atoms with Gasteiger partial charge in [-0.3, -0.25) is 14.4 Å². The summed E-state index contributed by atoms with van der Waals surface area (Å²) in [5, 5.41) is 28.1. The van der Waals surface area contributed by atoms with Crippen LogP contribution in [0.5, 0.6) is 5.75 Å². The molecule has 3 amide bonds. The number of aliphatic hydroxyl groups excluding tert-OH is 1. The summed E-state index contributed by atoms with van der Waals surface area (Å²) in [5.41, 5.74) is 2.88. The molecule has 1 fully saturated rings. The third-order valence-corrected chi connectivity index (χ3v) is 8.36. The zero-order valence-electron chi connectivity index (χ0n) is 24.1. The second-order valence-corrected chi connectivity index (χ2v) is 11.5. The smallest absolute Gasteiger partial charge is 0.254 e. The van der Waals surface area contributed by atoms with E-state index in [9.17, 15) is 24.6 Å². The maximum absolute atomic E-state index is 13.8. The van der Waals surface area contributed by atoms with Crippen molar-refractivity contribution in [2.75, 3.05) is 13.7 Å². The number of nitrogens with one attached hydrogen (secondary N) is 2. The van der Waals surface area contributed by atoms with Crippen molar-refractivity contribution in [1.29, 1.82) is 0 Å². The van der Waals surface area contributed by atoms with E-state index in [4.69, 9.17) is 27.9 Å². The first-order valence-electron chi connectivity index (χ1n) is 13.9. The van der Waals surface area contributed by atoms with Gasteiger partial charge in [0.15, 0.2) is 6.10 Å². The summed E-state index contributed by atoms with van der Waals surface area (Å²) >= 11 is 12.4. The lowest BCUT2D eigenvalue weighted by molar-refractivity contribution is -0.146. The van der Waals surface area contributed by atoms with Crippen LogP contribution in [0.3, 0.4) is 0 Å². The number of hydrogen-bond acceptors (Lipinski definition) is 6. The molecule has 3 aromatic rings. The van der Waals surface area contributed by atoms with Crippen molar-refractivity contribution < 1.29 is 29.3 Å². The number of ether oxygens (including phenoxy) is 1. The molecule has 1 heterocycles. The minimum Gasteiger partial charge on any atom is -0.508 e. The van der Waals surface area contributed by atoms with Gasteiger partial charge in [-0.2, -0.15) is 0 Å². The Morgan fingerprint density at radius 1 is 1.07 bits per heavy atom. The monoisotopic (exact) mass is 627 g/mol. The van der Waals surface area contributed by atoms with Crippen LogP contribution in [0.1, 0.15) is 39.0 Å². The van der Waals surface area contributed by atoms with Crippen molar-refractivity contribution in [3.8, 4) is 5.75 Å². The number of amides is 3. The average molecular weight is 629 g/mol. The molecule has 9 nitrogen and oxygen atoms in total. The van der Waals surface area contributed by atoms with Crippen LogP contribution in [0.2, 0.25) is 10.0 Å². The van der Waals surface area contributed by atoms with E-state index in [0.29, 0.717) is 21.2 Å². The van der Waals surface area contributed by atoms with Gasteiger partial charge in [0.1, 0.15) is 11.8 Å². The molecule has 0 aliphatic carbocycles. The van der Waals surface area contributed by atoms with E-state index in [1.807, 2.05) is 37.3 Å². The molecule has 0 saturated carbocycles. The summed E-state index contributed by atoms with van der Waals surface area (Å²) < 4.78 is 5.48. The summed E-state index contributed by atoms with van der Waals surface area (Å²) in [7, 11) is 1.50. The average Bonchev–Trinajstić information content (AvgIpc) is 3.42. The number of methoxy groups -OCH3 is 1. The molecule has 1 aliphatic rings. The molecule has 0 radical (unpaired) electrons. The van der Waals surface area contributed by atoms with Gasteiger partial charge < -0.3 is 30.5 Å². The number of nitrogens with zero attached hydrogens (tertiary/aromatic N) is 1. The Balaban J connectivity index is 1.55. The van der Waals surface area contributed by atoms with E-state index < -0.39 is 42.0 Å². The van der Waals surface area contributed by atoms with Gasteiger partial charge in [-0.05, 0) is 61.2 Å². The first-order chi connectivity index (χ1) is 20.5. The Kier molecular flexibility index (Phi) is 10.7. The van der Waals surface area contributed by atoms with Gasteiger partial charge in [0.2, 0.25) is 5.91 Å². The molecule has 228 valence electrons. The van der Waals surface area contributed by atoms with Crippen molar-refractivity contribution in [1.82, 2.24) is 15.5 Å². The van der Waals surface area contributed by atoms with Gasteiger partial charge in [-0.15, -0.1) is 0 Å². The number of aromatic hydroxyl groups is 1. The first-order valence-corrected chi connectivity index (χ1v) is 14.6. The molecule has 4 rings (SSSR count). The number of phenolic OH excluding ortho intramolecular Hbond substituents is 1. The summed E-state index contributed by atoms with van der Waals surface area (Å²) in [6.45, 7) is 3.65. The van der Waals surface area contributed by atoms with Gasteiger partial charge in [0.25, 0.3) is 11.8 Å². The van der Waals surface area contributed by atoms with Crippen LogP contribution in [0.4, 0.5) is 0 Å². The van der Waals surface area contributed by atoms with Gasteiger partial charge in [0.05, 0.1) is 12.1 Å².